The van der Waals surface area contributed by atoms with Gasteiger partial charge < -0.3 is 21.5 Å². The Labute approximate surface area is 203 Å². The number of nitrogens with zero attached hydrogens (tertiary/aromatic N) is 4. The maximum atomic E-state index is 14.2. The highest BCUT2D eigenvalue weighted by molar-refractivity contribution is 6.00. The Balaban J connectivity index is 1.65. The number of nitriles is 1. The lowest BCUT2D eigenvalue weighted by Crippen LogP contribution is -2.42. The summed E-state index contributed by atoms with van der Waals surface area (Å²) < 4.78 is 15.9. The topological polar surface area (TPSA) is 141 Å². The molecule has 0 spiro atoms. The van der Waals surface area contributed by atoms with Crippen molar-refractivity contribution in [3.8, 4) is 17.5 Å². The maximum absolute atomic E-state index is 14.2. The van der Waals surface area contributed by atoms with E-state index in [2.05, 4.69) is 26.8 Å². The Morgan fingerprint density at radius 2 is 2.06 bits per heavy atom. The molecule has 0 bridgehead atoms. The molecule has 3 aromatic heterocycles. The zero-order chi connectivity index (χ0) is 25.2. The molecule has 1 fully saturated rings. The van der Waals surface area contributed by atoms with Crippen molar-refractivity contribution in [1.82, 2.24) is 19.9 Å². The SMILES string of the molecule is CC(C)(O)[C@H](F)CNC(=O)c1cnc(-c2ccc3cc(C#N)cnn23)cc1N[C@H]1CC[C@H](N)CC1. The third kappa shape index (κ3) is 5.58. The summed E-state index contributed by atoms with van der Waals surface area (Å²) in [6.07, 6.45) is 4.85. The van der Waals surface area contributed by atoms with Gasteiger partial charge in [-0.3, -0.25) is 9.78 Å². The average molecular weight is 480 g/mol. The first kappa shape index (κ1) is 24.6. The van der Waals surface area contributed by atoms with Crippen LogP contribution >= 0.6 is 0 Å². The van der Waals surface area contributed by atoms with Crippen molar-refractivity contribution in [2.45, 2.75) is 63.4 Å². The van der Waals surface area contributed by atoms with E-state index in [4.69, 9.17) is 11.0 Å². The third-order valence-corrected chi connectivity index (χ3v) is 6.38. The highest BCUT2D eigenvalue weighted by Crippen LogP contribution is 2.28. The molecule has 1 aliphatic carbocycles. The van der Waals surface area contributed by atoms with Crippen molar-refractivity contribution in [2.75, 3.05) is 11.9 Å². The second-order valence-corrected chi connectivity index (χ2v) is 9.61. The van der Waals surface area contributed by atoms with Gasteiger partial charge in [0.1, 0.15) is 12.2 Å². The van der Waals surface area contributed by atoms with Crippen LogP contribution in [0.5, 0.6) is 0 Å². The summed E-state index contributed by atoms with van der Waals surface area (Å²) in [6, 6.07) is 9.62. The van der Waals surface area contributed by atoms with Gasteiger partial charge in [-0.25, -0.2) is 8.91 Å². The number of carbonyl (C=O) groups is 1. The van der Waals surface area contributed by atoms with Crippen LogP contribution in [0, 0.1) is 11.3 Å². The monoisotopic (exact) mass is 479 g/mol. The number of fused-ring (bicyclic) bond motifs is 1. The van der Waals surface area contributed by atoms with Crippen molar-refractivity contribution in [3.05, 3.63) is 47.8 Å². The van der Waals surface area contributed by atoms with Gasteiger partial charge in [0.25, 0.3) is 5.91 Å². The minimum atomic E-state index is -1.62. The molecule has 0 unspecified atom stereocenters. The number of hydrogen-bond acceptors (Lipinski definition) is 7. The van der Waals surface area contributed by atoms with Crippen molar-refractivity contribution in [2.24, 2.45) is 5.73 Å². The fourth-order valence-corrected chi connectivity index (χ4v) is 4.16. The van der Waals surface area contributed by atoms with E-state index in [0.717, 1.165) is 31.2 Å². The second kappa shape index (κ2) is 9.98. The summed E-state index contributed by atoms with van der Waals surface area (Å²) in [5, 5.41) is 29.3. The van der Waals surface area contributed by atoms with Gasteiger partial charge in [0, 0.05) is 18.3 Å². The molecule has 0 aliphatic heterocycles. The van der Waals surface area contributed by atoms with Crippen LogP contribution in [0.4, 0.5) is 10.1 Å². The third-order valence-electron chi connectivity index (χ3n) is 6.38. The molecule has 35 heavy (non-hydrogen) atoms. The van der Waals surface area contributed by atoms with Crippen LogP contribution in [0.25, 0.3) is 16.9 Å². The first-order chi connectivity index (χ1) is 16.7. The molecular weight excluding hydrogens is 449 g/mol. The van der Waals surface area contributed by atoms with Crippen LogP contribution in [-0.4, -0.2) is 56.0 Å². The summed E-state index contributed by atoms with van der Waals surface area (Å²) in [5.41, 5.74) is 7.85. The van der Waals surface area contributed by atoms with Crippen LogP contribution < -0.4 is 16.4 Å². The van der Waals surface area contributed by atoms with E-state index in [1.54, 1.807) is 16.6 Å². The van der Waals surface area contributed by atoms with Gasteiger partial charge in [0.2, 0.25) is 0 Å². The maximum Gasteiger partial charge on any atom is 0.255 e. The Hall–Kier alpha value is -3.55. The average Bonchev–Trinajstić information content (AvgIpc) is 3.26. The number of pyridine rings is 1. The number of alkyl halides is 1. The molecule has 10 heteroatoms. The molecule has 5 N–H and O–H groups in total. The lowest BCUT2D eigenvalue weighted by molar-refractivity contribution is -0.00177. The van der Waals surface area contributed by atoms with Gasteiger partial charge in [-0.15, -0.1) is 0 Å². The van der Waals surface area contributed by atoms with E-state index in [9.17, 15) is 14.3 Å². The number of nitrogens with one attached hydrogen (secondary N) is 2. The molecule has 1 atom stereocenters. The molecule has 3 aromatic rings. The van der Waals surface area contributed by atoms with Gasteiger partial charge >= 0.3 is 0 Å². The smallest absolute Gasteiger partial charge is 0.255 e. The first-order valence-electron chi connectivity index (χ1n) is 11.7. The lowest BCUT2D eigenvalue weighted by Gasteiger charge is -2.28. The fourth-order valence-electron chi connectivity index (χ4n) is 4.16. The summed E-state index contributed by atoms with van der Waals surface area (Å²) >= 11 is 0. The predicted molar refractivity (Wildman–Crippen MR) is 131 cm³/mol. The number of anilines is 1. The van der Waals surface area contributed by atoms with Crippen molar-refractivity contribution in [3.63, 3.8) is 0 Å². The van der Waals surface area contributed by atoms with Crippen LogP contribution in [-0.2, 0) is 0 Å². The molecular formula is C25H30FN7O2. The highest BCUT2D eigenvalue weighted by Gasteiger charge is 2.28. The van der Waals surface area contributed by atoms with Crippen LogP contribution in [0.2, 0.25) is 0 Å². The first-order valence-corrected chi connectivity index (χ1v) is 11.7. The van der Waals surface area contributed by atoms with E-state index in [1.807, 2.05) is 12.1 Å². The molecule has 9 nitrogen and oxygen atoms in total. The molecule has 4 rings (SSSR count). The zero-order valence-electron chi connectivity index (χ0n) is 19.8. The van der Waals surface area contributed by atoms with Gasteiger partial charge in [0.05, 0.1) is 52.1 Å². The number of hydrogen-bond donors (Lipinski definition) is 4. The number of carbonyl (C=O) groups excluding carboxylic acids is 1. The molecule has 3 heterocycles. The van der Waals surface area contributed by atoms with E-state index in [-0.39, 0.29) is 24.2 Å². The van der Waals surface area contributed by atoms with Crippen LogP contribution in [0.3, 0.4) is 0 Å². The van der Waals surface area contributed by atoms with Gasteiger partial charge in [-0.1, -0.05) is 0 Å². The fraction of sp³-hybridized carbons (Fsp3) is 0.440. The van der Waals surface area contributed by atoms with Gasteiger partial charge in [0.15, 0.2) is 0 Å². The number of amides is 1. The summed E-state index contributed by atoms with van der Waals surface area (Å²) in [7, 11) is 0. The predicted octanol–water partition coefficient (Wildman–Crippen LogP) is 2.79. The van der Waals surface area contributed by atoms with Gasteiger partial charge in [-0.05, 0) is 63.8 Å². The number of nitrogens with two attached hydrogens (primary N) is 1. The summed E-state index contributed by atoms with van der Waals surface area (Å²) in [6.45, 7) is 2.39. The molecule has 184 valence electrons. The second-order valence-electron chi connectivity index (χ2n) is 9.61. The van der Waals surface area contributed by atoms with Crippen LogP contribution in [0.15, 0.2) is 36.7 Å². The van der Waals surface area contributed by atoms with E-state index in [1.165, 1.54) is 26.2 Å². The standard InChI is InChI=1S/C25H30FN7O2/c1-25(2,35)23(26)14-30-24(34)19-13-29-21(10-20(19)32-17-5-3-16(28)4-6-17)22-8-7-18-9-15(11-27)12-31-33(18)22/h7-10,12-13,16-17,23,35H,3-6,14,28H2,1-2H3,(H,29,32)(H,30,34)/t16-,17-,23-/m1/s1. The lowest BCUT2D eigenvalue weighted by atomic mass is 9.91. The highest BCUT2D eigenvalue weighted by atomic mass is 19.1. The van der Waals surface area contributed by atoms with E-state index >= 15 is 0 Å². The number of halogens is 1. The zero-order valence-corrected chi connectivity index (χ0v) is 19.8. The molecule has 0 saturated heterocycles. The Bertz CT molecular complexity index is 1250. The molecule has 1 saturated carbocycles. The Morgan fingerprint density at radius 3 is 2.74 bits per heavy atom. The van der Waals surface area contributed by atoms with Crippen molar-refractivity contribution >= 4 is 17.1 Å². The van der Waals surface area contributed by atoms with Crippen molar-refractivity contribution in [1.29, 1.82) is 5.26 Å². The molecule has 1 amide bonds. The van der Waals surface area contributed by atoms with Gasteiger partial charge in [-0.2, -0.15) is 10.4 Å². The number of aliphatic hydroxyl groups is 1. The number of aromatic nitrogens is 3. The minimum Gasteiger partial charge on any atom is -0.387 e. The summed E-state index contributed by atoms with van der Waals surface area (Å²) in [4.78, 5) is 17.5. The minimum absolute atomic E-state index is 0.141. The molecule has 0 aromatic carbocycles. The number of rotatable bonds is 7. The van der Waals surface area contributed by atoms with Crippen molar-refractivity contribution < 1.29 is 14.3 Å². The van der Waals surface area contributed by atoms with E-state index < -0.39 is 17.7 Å². The van der Waals surface area contributed by atoms with E-state index in [0.29, 0.717) is 22.6 Å². The molecule has 1 aliphatic rings. The summed E-state index contributed by atoms with van der Waals surface area (Å²) in [5.74, 6) is -0.484. The largest absolute Gasteiger partial charge is 0.387 e. The quantitative estimate of drug-likeness (QED) is 0.408. The normalized spacial score (nSPS) is 19.2. The Morgan fingerprint density at radius 1 is 1.31 bits per heavy atom. The van der Waals surface area contributed by atoms with Crippen LogP contribution in [0.1, 0.15) is 55.5 Å². The molecule has 0 radical (unpaired) electrons. The Kier molecular flexibility index (Phi) is 7.00.